The monoisotopic (exact) mass is 431 g/mol. The fraction of sp³-hybridized carbons (Fsp3) is 0.136. The Labute approximate surface area is 181 Å². The maximum absolute atomic E-state index is 14.6. The molecule has 160 valence electrons. The molecule has 0 aliphatic carbocycles. The number of aryl methyl sites for hydroxylation is 3. The molecule has 0 aliphatic rings. The summed E-state index contributed by atoms with van der Waals surface area (Å²) in [5.74, 6) is 0.0127. The Hall–Kier alpha value is -4.34. The lowest BCUT2D eigenvalue weighted by atomic mass is 10.1. The Balaban J connectivity index is 1.48. The minimum atomic E-state index is -0.468. The minimum absolute atomic E-state index is 0.119. The van der Waals surface area contributed by atoms with E-state index in [1.807, 2.05) is 19.3 Å². The first-order chi connectivity index (χ1) is 15.4. The number of anilines is 1. The van der Waals surface area contributed by atoms with E-state index in [0.717, 1.165) is 11.3 Å². The van der Waals surface area contributed by atoms with Crippen molar-refractivity contribution in [3.8, 4) is 22.5 Å². The van der Waals surface area contributed by atoms with E-state index in [4.69, 9.17) is 4.42 Å². The SMILES string of the molecule is Cc1nc(C)c(C(=O)Nc2ccc(F)c(-c3cn4cc(-c5ccnn5C)cnc4n3)c2)o1. The number of oxazole rings is 1. The molecule has 10 heteroatoms. The first kappa shape index (κ1) is 19.6. The van der Waals surface area contributed by atoms with Crippen LogP contribution in [0.3, 0.4) is 0 Å². The molecule has 9 nitrogen and oxygen atoms in total. The number of amides is 1. The van der Waals surface area contributed by atoms with Crippen molar-refractivity contribution in [2.24, 2.45) is 7.05 Å². The number of rotatable bonds is 4. The highest BCUT2D eigenvalue weighted by Gasteiger charge is 2.18. The van der Waals surface area contributed by atoms with Gasteiger partial charge in [-0.05, 0) is 31.2 Å². The van der Waals surface area contributed by atoms with Crippen molar-refractivity contribution < 1.29 is 13.6 Å². The average Bonchev–Trinajstić information content (AvgIpc) is 3.46. The largest absolute Gasteiger partial charge is 0.436 e. The fourth-order valence-corrected chi connectivity index (χ4v) is 3.53. The number of benzene rings is 1. The fourth-order valence-electron chi connectivity index (χ4n) is 3.53. The Kier molecular flexibility index (Phi) is 4.54. The van der Waals surface area contributed by atoms with Crippen molar-refractivity contribution >= 4 is 17.4 Å². The van der Waals surface area contributed by atoms with Gasteiger partial charge in [-0.3, -0.25) is 13.9 Å². The van der Waals surface area contributed by atoms with Crippen LogP contribution in [0, 0.1) is 19.7 Å². The number of hydrogen-bond acceptors (Lipinski definition) is 6. The molecular weight excluding hydrogens is 413 g/mol. The molecule has 0 spiro atoms. The molecule has 1 amide bonds. The molecule has 32 heavy (non-hydrogen) atoms. The van der Waals surface area contributed by atoms with Gasteiger partial charge in [-0.2, -0.15) is 5.10 Å². The summed E-state index contributed by atoms with van der Waals surface area (Å²) >= 11 is 0. The molecule has 0 atom stereocenters. The zero-order valence-corrected chi connectivity index (χ0v) is 17.5. The summed E-state index contributed by atoms with van der Waals surface area (Å²) in [5, 5.41) is 6.89. The first-order valence-electron chi connectivity index (χ1n) is 9.77. The third-order valence-electron chi connectivity index (χ3n) is 5.04. The average molecular weight is 431 g/mol. The van der Waals surface area contributed by atoms with Crippen LogP contribution in [-0.2, 0) is 7.05 Å². The summed E-state index contributed by atoms with van der Waals surface area (Å²) in [6.07, 6.45) is 6.94. The second kappa shape index (κ2) is 7.41. The number of halogens is 1. The van der Waals surface area contributed by atoms with E-state index >= 15 is 0 Å². The van der Waals surface area contributed by atoms with E-state index < -0.39 is 11.7 Å². The molecule has 1 N–H and O–H groups in total. The number of nitrogens with one attached hydrogen (secondary N) is 1. The van der Waals surface area contributed by atoms with Crippen molar-refractivity contribution in [2.75, 3.05) is 5.32 Å². The molecule has 0 fully saturated rings. The Bertz CT molecular complexity index is 1480. The van der Waals surface area contributed by atoms with Crippen molar-refractivity contribution in [2.45, 2.75) is 13.8 Å². The van der Waals surface area contributed by atoms with Gasteiger partial charge in [0.05, 0.1) is 17.1 Å². The number of fused-ring (bicyclic) bond motifs is 1. The van der Waals surface area contributed by atoms with Gasteiger partial charge in [-0.1, -0.05) is 0 Å². The Morgan fingerprint density at radius 2 is 2.00 bits per heavy atom. The van der Waals surface area contributed by atoms with Gasteiger partial charge in [0.2, 0.25) is 11.5 Å². The maximum Gasteiger partial charge on any atom is 0.293 e. The molecule has 0 unspecified atom stereocenters. The second-order valence-corrected chi connectivity index (χ2v) is 7.31. The van der Waals surface area contributed by atoms with Crippen LogP contribution in [0.4, 0.5) is 10.1 Å². The zero-order chi connectivity index (χ0) is 22.4. The molecule has 5 rings (SSSR count). The van der Waals surface area contributed by atoms with Crippen LogP contribution in [0.2, 0.25) is 0 Å². The lowest BCUT2D eigenvalue weighted by Gasteiger charge is -2.06. The summed E-state index contributed by atoms with van der Waals surface area (Å²) < 4.78 is 23.5. The van der Waals surface area contributed by atoms with Gasteiger partial charge in [0.25, 0.3) is 5.91 Å². The number of carbonyl (C=O) groups is 1. The lowest BCUT2D eigenvalue weighted by Crippen LogP contribution is -2.12. The standard InChI is InChI=1S/C22H18FN7O2/c1-12-20(32-13(2)26-12)21(31)27-15-4-5-17(23)16(8-15)18-11-30-10-14(9-24-22(30)28-18)19-6-7-25-29(19)3/h4-11H,1-3H3,(H,27,31). The third-order valence-corrected chi connectivity index (χ3v) is 5.04. The predicted octanol–water partition coefficient (Wildman–Crippen LogP) is 3.79. The summed E-state index contributed by atoms with van der Waals surface area (Å²) in [6, 6.07) is 6.16. The number of hydrogen-bond donors (Lipinski definition) is 1. The summed E-state index contributed by atoms with van der Waals surface area (Å²) in [5.41, 5.74) is 3.25. The van der Waals surface area contributed by atoms with Gasteiger partial charge in [-0.25, -0.2) is 19.3 Å². The van der Waals surface area contributed by atoms with Crippen LogP contribution in [-0.4, -0.2) is 35.0 Å². The number of imidazole rings is 1. The van der Waals surface area contributed by atoms with Crippen molar-refractivity contribution in [1.29, 1.82) is 0 Å². The highest BCUT2D eigenvalue weighted by molar-refractivity contribution is 6.03. The molecule has 0 radical (unpaired) electrons. The zero-order valence-electron chi connectivity index (χ0n) is 17.5. The Morgan fingerprint density at radius 3 is 2.72 bits per heavy atom. The molecule has 4 heterocycles. The number of aromatic nitrogens is 6. The van der Waals surface area contributed by atoms with Gasteiger partial charge < -0.3 is 9.73 Å². The second-order valence-electron chi connectivity index (χ2n) is 7.31. The molecular formula is C22H18FN7O2. The van der Waals surface area contributed by atoms with Crippen LogP contribution in [0.25, 0.3) is 28.3 Å². The smallest absolute Gasteiger partial charge is 0.293 e. The molecule has 0 saturated carbocycles. The third kappa shape index (κ3) is 3.41. The van der Waals surface area contributed by atoms with Crippen LogP contribution in [0.15, 0.2) is 53.5 Å². The molecule has 5 aromatic rings. The Morgan fingerprint density at radius 1 is 1.16 bits per heavy atom. The van der Waals surface area contributed by atoms with Crippen molar-refractivity contribution in [3.05, 3.63) is 72.2 Å². The topological polar surface area (TPSA) is 103 Å². The molecule has 0 bridgehead atoms. The van der Waals surface area contributed by atoms with Crippen LogP contribution in [0.1, 0.15) is 22.1 Å². The van der Waals surface area contributed by atoms with E-state index in [2.05, 4.69) is 25.4 Å². The van der Waals surface area contributed by atoms with Crippen LogP contribution < -0.4 is 5.32 Å². The first-order valence-corrected chi connectivity index (χ1v) is 9.77. The quantitative estimate of drug-likeness (QED) is 0.464. The predicted molar refractivity (Wildman–Crippen MR) is 115 cm³/mol. The summed E-state index contributed by atoms with van der Waals surface area (Å²) in [7, 11) is 1.84. The summed E-state index contributed by atoms with van der Waals surface area (Å²) in [6.45, 7) is 3.35. The van der Waals surface area contributed by atoms with Gasteiger partial charge in [-0.15, -0.1) is 0 Å². The number of carbonyl (C=O) groups excluding carboxylic acids is 1. The van der Waals surface area contributed by atoms with E-state index in [-0.39, 0.29) is 11.3 Å². The normalized spacial score (nSPS) is 11.2. The van der Waals surface area contributed by atoms with Crippen LogP contribution in [0.5, 0.6) is 0 Å². The molecule has 0 saturated heterocycles. The van der Waals surface area contributed by atoms with Crippen molar-refractivity contribution in [1.82, 2.24) is 29.1 Å². The molecule has 4 aromatic heterocycles. The van der Waals surface area contributed by atoms with Gasteiger partial charge in [0.1, 0.15) is 5.82 Å². The minimum Gasteiger partial charge on any atom is -0.436 e. The summed E-state index contributed by atoms with van der Waals surface area (Å²) in [4.78, 5) is 25.4. The molecule has 1 aromatic carbocycles. The lowest BCUT2D eigenvalue weighted by molar-refractivity contribution is 0.0994. The van der Waals surface area contributed by atoms with Gasteiger partial charge in [0.15, 0.2) is 5.89 Å². The number of nitrogens with zero attached hydrogens (tertiary/aromatic N) is 6. The van der Waals surface area contributed by atoms with Gasteiger partial charge in [0, 0.05) is 55.6 Å². The van der Waals surface area contributed by atoms with Crippen molar-refractivity contribution in [3.63, 3.8) is 0 Å². The van der Waals surface area contributed by atoms with E-state index in [1.54, 1.807) is 41.5 Å². The van der Waals surface area contributed by atoms with E-state index in [0.29, 0.717) is 28.7 Å². The molecule has 0 aliphatic heterocycles. The highest BCUT2D eigenvalue weighted by Crippen LogP contribution is 2.27. The van der Waals surface area contributed by atoms with E-state index in [1.165, 1.54) is 18.2 Å². The maximum atomic E-state index is 14.6. The van der Waals surface area contributed by atoms with E-state index in [9.17, 15) is 9.18 Å². The van der Waals surface area contributed by atoms with Crippen LogP contribution >= 0.6 is 0 Å². The highest BCUT2D eigenvalue weighted by atomic mass is 19.1. The van der Waals surface area contributed by atoms with Gasteiger partial charge >= 0.3 is 0 Å².